The Balaban J connectivity index is 1.20. The van der Waals surface area contributed by atoms with E-state index in [1.54, 1.807) is 36.8 Å². The molecule has 2 heterocycles. The van der Waals surface area contributed by atoms with Gasteiger partial charge in [-0.1, -0.05) is 29.8 Å². The Morgan fingerprint density at radius 3 is 2.67 bits per heavy atom. The van der Waals surface area contributed by atoms with Gasteiger partial charge in [0.15, 0.2) is 0 Å². The van der Waals surface area contributed by atoms with Crippen LogP contribution in [0.25, 0.3) is 0 Å². The molecule has 1 aliphatic carbocycles. The summed E-state index contributed by atoms with van der Waals surface area (Å²) >= 11 is 6.21. The first-order valence-electron chi connectivity index (χ1n) is 12.4. The lowest BCUT2D eigenvalue weighted by Crippen LogP contribution is -2.39. The number of halogens is 1. The summed E-state index contributed by atoms with van der Waals surface area (Å²) in [6.07, 6.45) is 7.06. The number of amides is 2. The van der Waals surface area contributed by atoms with Gasteiger partial charge < -0.3 is 15.1 Å². The summed E-state index contributed by atoms with van der Waals surface area (Å²) < 4.78 is 0. The third kappa shape index (κ3) is 5.21. The van der Waals surface area contributed by atoms with Crippen LogP contribution in [-0.4, -0.2) is 53.4 Å². The smallest absolute Gasteiger partial charge is 0.253 e. The van der Waals surface area contributed by atoms with E-state index >= 15 is 0 Å². The van der Waals surface area contributed by atoms with Crippen molar-refractivity contribution >= 4 is 29.2 Å². The van der Waals surface area contributed by atoms with Crippen molar-refractivity contribution in [1.82, 2.24) is 20.2 Å². The quantitative estimate of drug-likeness (QED) is 0.534. The monoisotopic (exact) mass is 503 g/mol. The third-order valence-electron chi connectivity index (χ3n) is 7.28. The van der Waals surface area contributed by atoms with Crippen LogP contribution in [0.1, 0.15) is 57.1 Å². The van der Waals surface area contributed by atoms with E-state index in [4.69, 9.17) is 11.6 Å². The molecule has 3 aromatic rings. The fourth-order valence-corrected chi connectivity index (χ4v) is 5.49. The lowest BCUT2D eigenvalue weighted by Gasteiger charge is -2.34. The number of fused-ring (bicyclic) bond motifs is 1. The second-order valence-corrected chi connectivity index (χ2v) is 10.0. The molecule has 0 bridgehead atoms. The summed E-state index contributed by atoms with van der Waals surface area (Å²) in [6.45, 7) is 2.57. The van der Waals surface area contributed by atoms with E-state index in [9.17, 15) is 9.59 Å². The Labute approximate surface area is 216 Å². The van der Waals surface area contributed by atoms with Crippen LogP contribution in [0.3, 0.4) is 0 Å². The van der Waals surface area contributed by atoms with Crippen LogP contribution in [0, 0.1) is 5.92 Å². The Morgan fingerprint density at radius 2 is 1.92 bits per heavy atom. The maximum absolute atomic E-state index is 13.3. The molecule has 1 atom stereocenters. The van der Waals surface area contributed by atoms with Crippen LogP contribution in [0.15, 0.2) is 61.1 Å². The van der Waals surface area contributed by atoms with Crippen molar-refractivity contribution in [3.63, 3.8) is 0 Å². The maximum Gasteiger partial charge on any atom is 0.253 e. The molecule has 1 aliphatic heterocycles. The Morgan fingerprint density at radius 1 is 1.11 bits per heavy atom. The molecule has 0 radical (unpaired) electrons. The van der Waals surface area contributed by atoms with E-state index in [1.807, 2.05) is 36.2 Å². The highest BCUT2D eigenvalue weighted by atomic mass is 35.5. The highest BCUT2D eigenvalue weighted by Gasteiger charge is 2.28. The zero-order chi connectivity index (χ0) is 25.1. The second kappa shape index (κ2) is 10.7. The van der Waals surface area contributed by atoms with Crippen molar-refractivity contribution in [2.24, 2.45) is 5.92 Å². The molecule has 0 unspecified atom stereocenters. The molecule has 36 heavy (non-hydrogen) atoms. The number of aryl methyl sites for hydroxylation is 1. The number of benzene rings is 2. The predicted molar refractivity (Wildman–Crippen MR) is 140 cm³/mol. The number of carbonyl (C=O) groups is 2. The summed E-state index contributed by atoms with van der Waals surface area (Å²) in [4.78, 5) is 38.6. The number of hydrogen-bond acceptors (Lipinski definition) is 5. The number of rotatable bonds is 6. The lowest BCUT2D eigenvalue weighted by molar-refractivity contribution is 0.0764. The minimum Gasteiger partial charge on any atom is -0.357 e. The highest BCUT2D eigenvalue weighted by Crippen LogP contribution is 2.33. The van der Waals surface area contributed by atoms with E-state index in [0.29, 0.717) is 22.1 Å². The molecule has 0 spiro atoms. The van der Waals surface area contributed by atoms with Crippen LogP contribution in [0.2, 0.25) is 5.02 Å². The van der Waals surface area contributed by atoms with Crippen LogP contribution in [0.4, 0.5) is 5.82 Å². The molecule has 5 rings (SSSR count). The minimum absolute atomic E-state index is 0.0131. The van der Waals surface area contributed by atoms with Gasteiger partial charge in [0.2, 0.25) is 0 Å². The van der Waals surface area contributed by atoms with Crippen molar-refractivity contribution in [1.29, 1.82) is 0 Å². The van der Waals surface area contributed by atoms with Crippen LogP contribution in [0.5, 0.6) is 0 Å². The Kier molecular flexibility index (Phi) is 7.18. The number of nitrogens with one attached hydrogen (secondary N) is 1. The van der Waals surface area contributed by atoms with Gasteiger partial charge in [0.05, 0.1) is 16.6 Å². The highest BCUT2D eigenvalue weighted by molar-refractivity contribution is 6.33. The first kappa shape index (κ1) is 24.3. The van der Waals surface area contributed by atoms with E-state index in [0.717, 1.165) is 56.7 Å². The van der Waals surface area contributed by atoms with Crippen LogP contribution in [-0.2, 0) is 6.42 Å². The molecule has 2 aliphatic rings. The topological polar surface area (TPSA) is 78.4 Å². The molecule has 8 heteroatoms. The SMILES string of the molecule is CN(CC1CCN(c2ccncn2)CC1)C(=O)c1ccc2c(c1)[C@H](NC(=O)c1ccccc1Cl)CC2. The number of hydrogen-bond donors (Lipinski definition) is 1. The molecule has 0 saturated carbocycles. The molecule has 2 amide bonds. The number of nitrogens with zero attached hydrogens (tertiary/aromatic N) is 4. The van der Waals surface area contributed by atoms with Gasteiger partial charge in [-0.15, -0.1) is 0 Å². The first-order valence-corrected chi connectivity index (χ1v) is 12.8. The van der Waals surface area contributed by atoms with Gasteiger partial charge in [-0.2, -0.15) is 0 Å². The van der Waals surface area contributed by atoms with Crippen molar-refractivity contribution < 1.29 is 9.59 Å². The zero-order valence-corrected chi connectivity index (χ0v) is 21.1. The average Bonchev–Trinajstić information content (AvgIpc) is 3.31. The summed E-state index contributed by atoms with van der Waals surface area (Å²) in [7, 11) is 1.88. The molecular formula is C28H30ClN5O2. The average molecular weight is 504 g/mol. The van der Waals surface area contributed by atoms with Crippen LogP contribution >= 0.6 is 11.6 Å². The molecule has 186 valence electrons. The second-order valence-electron chi connectivity index (χ2n) is 9.64. The van der Waals surface area contributed by atoms with Gasteiger partial charge >= 0.3 is 0 Å². The van der Waals surface area contributed by atoms with Crippen molar-refractivity contribution in [2.75, 3.05) is 31.6 Å². The number of aromatic nitrogens is 2. The summed E-state index contributed by atoms with van der Waals surface area (Å²) in [5.41, 5.74) is 3.32. The molecule has 1 N–H and O–H groups in total. The van der Waals surface area contributed by atoms with E-state index < -0.39 is 0 Å². The molecule has 1 aromatic heterocycles. The summed E-state index contributed by atoms with van der Waals surface area (Å²) in [5, 5.41) is 3.54. The molecule has 2 aromatic carbocycles. The predicted octanol–water partition coefficient (Wildman–Crippen LogP) is 4.54. The number of piperidine rings is 1. The third-order valence-corrected chi connectivity index (χ3v) is 7.61. The Hall–Kier alpha value is -3.45. The first-order chi connectivity index (χ1) is 17.5. The fraction of sp³-hybridized carbons (Fsp3) is 0.357. The van der Waals surface area contributed by atoms with E-state index in [2.05, 4.69) is 20.2 Å². The van der Waals surface area contributed by atoms with Crippen molar-refractivity contribution in [2.45, 2.75) is 31.7 Å². The summed E-state index contributed by atoms with van der Waals surface area (Å²) in [5.74, 6) is 1.23. The van der Waals surface area contributed by atoms with Crippen molar-refractivity contribution in [3.05, 3.63) is 88.3 Å². The normalized spacial score (nSPS) is 17.5. The van der Waals surface area contributed by atoms with E-state index in [1.165, 1.54) is 5.56 Å². The lowest BCUT2D eigenvalue weighted by atomic mass is 9.96. The zero-order valence-electron chi connectivity index (χ0n) is 20.4. The minimum atomic E-state index is -0.194. The molecule has 7 nitrogen and oxygen atoms in total. The van der Waals surface area contributed by atoms with Gasteiger partial charge in [-0.3, -0.25) is 9.59 Å². The summed E-state index contributed by atoms with van der Waals surface area (Å²) in [6, 6.07) is 14.7. The molecule has 1 fully saturated rings. The molecular weight excluding hydrogens is 474 g/mol. The van der Waals surface area contributed by atoms with Crippen LogP contribution < -0.4 is 10.2 Å². The van der Waals surface area contributed by atoms with E-state index in [-0.39, 0.29) is 17.9 Å². The molecule has 1 saturated heterocycles. The Bertz CT molecular complexity index is 1240. The van der Waals surface area contributed by atoms with Gasteiger partial charge in [0.1, 0.15) is 12.1 Å². The largest absolute Gasteiger partial charge is 0.357 e. The van der Waals surface area contributed by atoms with Gasteiger partial charge in [0, 0.05) is 38.4 Å². The van der Waals surface area contributed by atoms with Crippen molar-refractivity contribution in [3.8, 4) is 0 Å². The van der Waals surface area contributed by atoms with Gasteiger partial charge in [-0.05, 0) is 73.1 Å². The standard InChI is InChI=1S/C28H30ClN5O2/c1-33(17-19-11-14-34(15-12-19)26-10-13-30-18-31-26)28(36)21-7-6-20-8-9-25(23(20)16-21)32-27(35)22-4-2-3-5-24(22)29/h2-7,10,13,16,18-19,25H,8-9,11-12,14-15,17H2,1H3,(H,32,35)/t25-/m1/s1. The number of anilines is 1. The number of carbonyl (C=O) groups excluding carboxylic acids is 2. The van der Waals surface area contributed by atoms with Gasteiger partial charge in [-0.25, -0.2) is 9.97 Å². The fourth-order valence-electron chi connectivity index (χ4n) is 5.27. The maximum atomic E-state index is 13.3. The van der Waals surface area contributed by atoms with Gasteiger partial charge in [0.25, 0.3) is 11.8 Å².